The Kier molecular flexibility index (Phi) is 5.24. The average molecular weight is 422 g/mol. The number of nitrogens with one attached hydrogen (secondary N) is 1. The summed E-state index contributed by atoms with van der Waals surface area (Å²) < 4.78 is 39.5. The highest BCUT2D eigenvalue weighted by molar-refractivity contribution is 8.14. The number of halogens is 2. The zero-order valence-corrected chi connectivity index (χ0v) is 15.5. The normalized spacial score (nSPS) is 18.4. The first-order chi connectivity index (χ1) is 12.2. The highest BCUT2D eigenvalue weighted by Gasteiger charge is 2.43. The second-order valence-electron chi connectivity index (χ2n) is 5.67. The standard InChI is InChI=1S/C14H13ClFN3O5S2/c15-10-3-9(1-2-11(10)16)26(23,24)17-4-12(20)18-5-8(6-18)19-13(21)7-25-14(19)22/h1-3,8,17H,4-7H2. The van der Waals surface area contributed by atoms with Gasteiger partial charge < -0.3 is 4.90 Å². The van der Waals surface area contributed by atoms with Crippen LogP contribution >= 0.6 is 23.4 Å². The number of benzene rings is 1. The minimum Gasteiger partial charge on any atom is -0.337 e. The predicted molar refractivity (Wildman–Crippen MR) is 91.7 cm³/mol. The lowest BCUT2D eigenvalue weighted by Crippen LogP contribution is -2.63. The van der Waals surface area contributed by atoms with Crippen LogP contribution in [-0.4, -0.2) is 66.7 Å². The zero-order chi connectivity index (χ0) is 19.1. The van der Waals surface area contributed by atoms with Gasteiger partial charge in [-0.05, 0) is 18.2 Å². The molecule has 140 valence electrons. The third-order valence-electron chi connectivity index (χ3n) is 3.98. The summed E-state index contributed by atoms with van der Waals surface area (Å²) in [6.45, 7) is -0.164. The number of thioether (sulfide) groups is 1. The fourth-order valence-electron chi connectivity index (χ4n) is 2.54. The smallest absolute Gasteiger partial charge is 0.289 e. The maximum Gasteiger partial charge on any atom is 0.289 e. The summed E-state index contributed by atoms with van der Waals surface area (Å²) in [5.74, 6) is -1.43. The molecule has 3 rings (SSSR count). The Morgan fingerprint density at radius 1 is 1.35 bits per heavy atom. The Bertz CT molecular complexity index is 873. The van der Waals surface area contributed by atoms with Crippen molar-refractivity contribution < 1.29 is 27.2 Å². The number of amides is 3. The van der Waals surface area contributed by atoms with Crippen molar-refractivity contribution in [2.24, 2.45) is 0 Å². The molecule has 0 aliphatic carbocycles. The van der Waals surface area contributed by atoms with Gasteiger partial charge in [0.2, 0.25) is 21.8 Å². The van der Waals surface area contributed by atoms with Crippen LogP contribution < -0.4 is 4.72 Å². The number of nitrogens with zero attached hydrogens (tertiary/aromatic N) is 2. The highest BCUT2D eigenvalue weighted by Crippen LogP contribution is 2.26. The van der Waals surface area contributed by atoms with E-state index in [1.54, 1.807) is 0 Å². The van der Waals surface area contributed by atoms with Crippen LogP contribution in [-0.2, 0) is 19.6 Å². The van der Waals surface area contributed by atoms with Gasteiger partial charge in [0.15, 0.2) is 0 Å². The number of likely N-dealkylation sites (tertiary alicyclic amines) is 1. The molecule has 2 aliphatic heterocycles. The maximum atomic E-state index is 13.1. The number of carbonyl (C=O) groups excluding carboxylic acids is 3. The van der Waals surface area contributed by atoms with Gasteiger partial charge in [-0.15, -0.1) is 0 Å². The summed E-state index contributed by atoms with van der Waals surface area (Å²) in [5, 5.41) is -0.677. The van der Waals surface area contributed by atoms with Crippen LogP contribution in [0, 0.1) is 5.82 Å². The van der Waals surface area contributed by atoms with Crippen molar-refractivity contribution in [3.8, 4) is 0 Å². The molecule has 0 aromatic heterocycles. The van der Waals surface area contributed by atoms with Crippen molar-refractivity contribution in [1.82, 2.24) is 14.5 Å². The SMILES string of the molecule is O=C(CNS(=O)(=O)c1ccc(F)c(Cl)c1)N1CC(N2C(=O)CSC2=O)C1. The van der Waals surface area contributed by atoms with Crippen molar-refractivity contribution in [2.75, 3.05) is 25.4 Å². The van der Waals surface area contributed by atoms with Crippen LogP contribution in [0.5, 0.6) is 0 Å². The van der Waals surface area contributed by atoms with E-state index < -0.39 is 28.3 Å². The van der Waals surface area contributed by atoms with Crippen LogP contribution in [0.25, 0.3) is 0 Å². The molecule has 2 fully saturated rings. The van der Waals surface area contributed by atoms with Crippen molar-refractivity contribution >= 4 is 50.4 Å². The van der Waals surface area contributed by atoms with Gasteiger partial charge >= 0.3 is 0 Å². The van der Waals surface area contributed by atoms with Crippen LogP contribution in [0.4, 0.5) is 9.18 Å². The van der Waals surface area contributed by atoms with Gasteiger partial charge in [0.05, 0.1) is 28.3 Å². The fraction of sp³-hybridized carbons (Fsp3) is 0.357. The molecule has 0 bridgehead atoms. The fourth-order valence-corrected chi connectivity index (χ4v) is 4.56. The van der Waals surface area contributed by atoms with Gasteiger partial charge in [-0.3, -0.25) is 19.3 Å². The summed E-state index contributed by atoms with van der Waals surface area (Å²) in [6, 6.07) is 2.53. The molecule has 8 nitrogen and oxygen atoms in total. The zero-order valence-electron chi connectivity index (χ0n) is 13.1. The summed E-state index contributed by atoms with van der Waals surface area (Å²) >= 11 is 6.48. The molecule has 0 unspecified atom stereocenters. The lowest BCUT2D eigenvalue weighted by Gasteiger charge is -2.42. The quantitative estimate of drug-likeness (QED) is 0.749. The lowest BCUT2D eigenvalue weighted by molar-refractivity contribution is -0.141. The van der Waals surface area contributed by atoms with Gasteiger partial charge in [0.1, 0.15) is 5.82 Å². The average Bonchev–Trinajstić information content (AvgIpc) is 2.86. The Labute approximate surface area is 157 Å². The van der Waals surface area contributed by atoms with Gasteiger partial charge in [0.25, 0.3) is 5.24 Å². The summed E-state index contributed by atoms with van der Waals surface area (Å²) in [7, 11) is -4.03. The number of hydrogen-bond acceptors (Lipinski definition) is 6. The first-order valence-electron chi connectivity index (χ1n) is 7.40. The Balaban J connectivity index is 1.54. The number of imide groups is 1. The van der Waals surface area contributed by atoms with E-state index in [1.807, 2.05) is 0 Å². The minimum atomic E-state index is -4.03. The molecule has 1 N–H and O–H groups in total. The first kappa shape index (κ1) is 19.1. The van der Waals surface area contributed by atoms with Crippen molar-refractivity contribution in [1.29, 1.82) is 0 Å². The van der Waals surface area contributed by atoms with E-state index in [2.05, 4.69) is 4.72 Å². The molecule has 0 atom stereocenters. The van der Waals surface area contributed by atoms with Gasteiger partial charge in [0, 0.05) is 13.1 Å². The summed E-state index contributed by atoms with van der Waals surface area (Å²) in [5.41, 5.74) is 0. The minimum absolute atomic E-state index is 0.101. The van der Waals surface area contributed by atoms with Crippen LogP contribution in [0.2, 0.25) is 5.02 Å². The molecule has 0 spiro atoms. The Hall–Kier alpha value is -1.69. The van der Waals surface area contributed by atoms with Crippen LogP contribution in [0.15, 0.2) is 23.1 Å². The van der Waals surface area contributed by atoms with Crippen molar-refractivity contribution in [3.05, 3.63) is 29.0 Å². The Morgan fingerprint density at radius 3 is 2.62 bits per heavy atom. The summed E-state index contributed by atoms with van der Waals surface area (Å²) in [4.78, 5) is 37.5. The third-order valence-corrected chi connectivity index (χ3v) is 6.50. The molecule has 0 saturated carbocycles. The van der Waals surface area contributed by atoms with Gasteiger partial charge in [-0.25, -0.2) is 17.5 Å². The molecule has 0 radical (unpaired) electrons. The van der Waals surface area contributed by atoms with Crippen LogP contribution in [0.3, 0.4) is 0 Å². The third kappa shape index (κ3) is 3.70. The number of sulfonamides is 1. The van der Waals surface area contributed by atoms with E-state index in [1.165, 1.54) is 4.90 Å². The van der Waals surface area contributed by atoms with E-state index in [4.69, 9.17) is 11.6 Å². The van der Waals surface area contributed by atoms with Crippen molar-refractivity contribution in [3.63, 3.8) is 0 Å². The molecular weight excluding hydrogens is 409 g/mol. The molecule has 2 aliphatic rings. The molecule has 2 saturated heterocycles. The molecule has 3 amide bonds. The van der Waals surface area contributed by atoms with E-state index >= 15 is 0 Å². The second kappa shape index (κ2) is 7.14. The molecule has 1 aromatic rings. The van der Waals surface area contributed by atoms with Gasteiger partial charge in [-0.2, -0.15) is 0 Å². The molecule has 2 heterocycles. The van der Waals surface area contributed by atoms with Crippen LogP contribution in [0.1, 0.15) is 0 Å². The molecule has 1 aromatic carbocycles. The Morgan fingerprint density at radius 2 is 2.04 bits per heavy atom. The highest BCUT2D eigenvalue weighted by atomic mass is 35.5. The van der Waals surface area contributed by atoms with E-state index in [-0.39, 0.29) is 45.9 Å². The number of hydrogen-bond donors (Lipinski definition) is 1. The van der Waals surface area contributed by atoms with E-state index in [0.717, 1.165) is 34.9 Å². The number of rotatable bonds is 5. The maximum absolute atomic E-state index is 13.1. The molecule has 12 heteroatoms. The van der Waals surface area contributed by atoms with Crippen molar-refractivity contribution in [2.45, 2.75) is 10.9 Å². The second-order valence-corrected chi connectivity index (χ2v) is 8.77. The van der Waals surface area contributed by atoms with E-state index in [0.29, 0.717) is 0 Å². The monoisotopic (exact) mass is 421 g/mol. The molecular formula is C14H13ClFN3O5S2. The predicted octanol–water partition coefficient (Wildman–Crippen LogP) is 0.664. The topological polar surface area (TPSA) is 104 Å². The largest absolute Gasteiger partial charge is 0.337 e. The van der Waals surface area contributed by atoms with E-state index in [9.17, 15) is 27.2 Å². The number of carbonyl (C=O) groups is 3. The summed E-state index contributed by atoms with van der Waals surface area (Å²) in [6.07, 6.45) is 0. The lowest BCUT2D eigenvalue weighted by atomic mass is 10.1. The first-order valence-corrected chi connectivity index (χ1v) is 10.2. The van der Waals surface area contributed by atoms with Gasteiger partial charge in [-0.1, -0.05) is 23.4 Å². The molecule has 26 heavy (non-hydrogen) atoms.